The van der Waals surface area contributed by atoms with Crippen LogP contribution in [0.5, 0.6) is 0 Å². The summed E-state index contributed by atoms with van der Waals surface area (Å²) in [4.78, 5) is 7.63. The normalized spacial score (nSPS) is 17.2. The monoisotopic (exact) mass is 403 g/mol. The molecule has 3 rings (SSSR count). The van der Waals surface area contributed by atoms with Gasteiger partial charge in [-0.15, -0.1) is 0 Å². The Hall–Kier alpha value is -1.90. The Morgan fingerprint density at radius 3 is 2.41 bits per heavy atom. The molecule has 1 aliphatic rings. The smallest absolute Gasteiger partial charge is 0.387 e. The number of benzene rings is 1. The molecular weight excluding hydrogens is 386 g/mol. The number of rotatable bonds is 4. The van der Waals surface area contributed by atoms with E-state index in [4.69, 9.17) is 11.6 Å². The van der Waals surface area contributed by atoms with Crippen LogP contribution in [0.1, 0.15) is 17.2 Å². The van der Waals surface area contributed by atoms with Crippen molar-refractivity contribution in [1.82, 2.24) is 9.88 Å². The summed E-state index contributed by atoms with van der Waals surface area (Å²) in [6.07, 6.45) is -4.67. The molecule has 0 radical (unpaired) electrons. The van der Waals surface area contributed by atoms with Gasteiger partial charge in [-0.2, -0.15) is 13.2 Å². The first-order chi connectivity index (χ1) is 12.8. The zero-order valence-electron chi connectivity index (χ0n) is 14.3. The van der Waals surface area contributed by atoms with Crippen LogP contribution in [0.15, 0.2) is 36.5 Å². The van der Waals surface area contributed by atoms with Gasteiger partial charge in [-0.1, -0.05) is 29.8 Å². The number of nitrogens with zero attached hydrogens (tertiary/aromatic N) is 3. The van der Waals surface area contributed by atoms with Crippen LogP contribution >= 0.6 is 11.6 Å². The van der Waals surface area contributed by atoms with Gasteiger partial charge in [0.25, 0.3) is 0 Å². The van der Waals surface area contributed by atoms with Gasteiger partial charge in [0.2, 0.25) is 0 Å². The topological polar surface area (TPSA) is 39.6 Å². The van der Waals surface area contributed by atoms with Crippen molar-refractivity contribution < 1.29 is 22.7 Å². The van der Waals surface area contributed by atoms with Gasteiger partial charge < -0.3 is 10.0 Å². The highest BCUT2D eigenvalue weighted by Gasteiger charge is 2.32. The number of halogens is 5. The maximum Gasteiger partial charge on any atom is 0.417 e. The van der Waals surface area contributed by atoms with E-state index in [0.29, 0.717) is 32.0 Å². The van der Waals surface area contributed by atoms with Crippen molar-refractivity contribution >= 4 is 17.4 Å². The number of aliphatic hydroxyl groups is 1. The maximum atomic E-state index is 13.7. The molecule has 9 heteroatoms. The average molecular weight is 404 g/mol. The molecule has 2 heterocycles. The standard InChI is InChI=1S/C18H18ClF4N3O/c19-14-9-12(18(21,22)23)10-24-17(14)26-7-5-25(6-8-26)11-16(27)13-3-1-2-4-15(13)20/h1-4,9-10,16,27H,5-8,11H2/t16-/m0/s1. The second-order valence-electron chi connectivity index (χ2n) is 6.35. The minimum absolute atomic E-state index is 0.0512. The van der Waals surface area contributed by atoms with Gasteiger partial charge in [-0.05, 0) is 12.1 Å². The Balaban J connectivity index is 1.60. The molecule has 1 atom stereocenters. The quantitative estimate of drug-likeness (QED) is 0.789. The molecule has 1 aromatic carbocycles. The molecule has 0 saturated carbocycles. The molecule has 1 fully saturated rings. The highest BCUT2D eigenvalue weighted by atomic mass is 35.5. The zero-order valence-corrected chi connectivity index (χ0v) is 15.0. The summed E-state index contributed by atoms with van der Waals surface area (Å²) in [6, 6.07) is 6.94. The first-order valence-electron chi connectivity index (χ1n) is 8.38. The average Bonchev–Trinajstić information content (AvgIpc) is 2.62. The number of anilines is 1. The molecule has 0 aliphatic carbocycles. The Morgan fingerprint density at radius 1 is 1.15 bits per heavy atom. The van der Waals surface area contributed by atoms with Crippen LogP contribution in [0.3, 0.4) is 0 Å². The first-order valence-corrected chi connectivity index (χ1v) is 8.76. The SMILES string of the molecule is O[C@@H](CN1CCN(c2ncc(C(F)(F)F)cc2Cl)CC1)c1ccccc1F. The molecule has 2 aromatic rings. The number of hydrogen-bond acceptors (Lipinski definition) is 4. The van der Waals surface area contributed by atoms with Crippen LogP contribution in [-0.4, -0.2) is 47.7 Å². The molecular formula is C18H18ClF4N3O. The van der Waals surface area contributed by atoms with E-state index < -0.39 is 23.7 Å². The van der Waals surface area contributed by atoms with Crippen molar-refractivity contribution in [2.24, 2.45) is 0 Å². The minimum Gasteiger partial charge on any atom is -0.387 e. The number of alkyl halides is 3. The Kier molecular flexibility index (Phi) is 5.88. The number of aliphatic hydroxyl groups excluding tert-OH is 1. The van der Waals surface area contributed by atoms with Crippen LogP contribution in [0.25, 0.3) is 0 Å². The third-order valence-electron chi connectivity index (χ3n) is 4.52. The molecule has 27 heavy (non-hydrogen) atoms. The lowest BCUT2D eigenvalue weighted by molar-refractivity contribution is -0.137. The highest BCUT2D eigenvalue weighted by molar-refractivity contribution is 6.33. The molecule has 146 valence electrons. The molecule has 1 aromatic heterocycles. The zero-order chi connectivity index (χ0) is 19.6. The summed E-state index contributed by atoms with van der Waals surface area (Å²) >= 11 is 5.99. The molecule has 1 aliphatic heterocycles. The van der Waals surface area contributed by atoms with Gasteiger partial charge in [0.15, 0.2) is 0 Å². The Morgan fingerprint density at radius 2 is 1.81 bits per heavy atom. The molecule has 0 bridgehead atoms. The van der Waals surface area contributed by atoms with E-state index in [1.165, 1.54) is 6.07 Å². The van der Waals surface area contributed by atoms with Gasteiger partial charge in [0, 0.05) is 44.5 Å². The van der Waals surface area contributed by atoms with Crippen molar-refractivity contribution in [1.29, 1.82) is 0 Å². The third-order valence-corrected chi connectivity index (χ3v) is 4.79. The molecule has 0 spiro atoms. The lowest BCUT2D eigenvalue weighted by atomic mass is 10.1. The van der Waals surface area contributed by atoms with Gasteiger partial charge in [0.1, 0.15) is 11.6 Å². The summed E-state index contributed by atoms with van der Waals surface area (Å²) in [7, 11) is 0. The predicted octanol–water partition coefficient (Wildman–Crippen LogP) is 3.75. The molecule has 0 amide bonds. The van der Waals surface area contributed by atoms with E-state index in [1.54, 1.807) is 23.1 Å². The molecule has 1 saturated heterocycles. The number of pyridine rings is 1. The largest absolute Gasteiger partial charge is 0.417 e. The number of piperazine rings is 1. The van der Waals surface area contributed by atoms with Crippen LogP contribution in [0, 0.1) is 5.82 Å². The molecule has 0 unspecified atom stereocenters. The second-order valence-corrected chi connectivity index (χ2v) is 6.76. The lowest BCUT2D eigenvalue weighted by Crippen LogP contribution is -2.48. The van der Waals surface area contributed by atoms with E-state index >= 15 is 0 Å². The van der Waals surface area contributed by atoms with E-state index in [1.807, 2.05) is 4.90 Å². The van der Waals surface area contributed by atoms with E-state index in [2.05, 4.69) is 4.98 Å². The summed E-state index contributed by atoms with van der Waals surface area (Å²) in [5, 5.41) is 10.2. The number of hydrogen-bond donors (Lipinski definition) is 1. The Labute approximate surface area is 159 Å². The van der Waals surface area contributed by atoms with E-state index in [0.717, 1.165) is 12.3 Å². The van der Waals surface area contributed by atoms with Crippen molar-refractivity contribution in [3.8, 4) is 0 Å². The number of β-amino-alcohol motifs (C(OH)–C–C–N with tert-alkyl or cyclic N) is 1. The van der Waals surface area contributed by atoms with E-state index in [-0.39, 0.29) is 17.1 Å². The lowest BCUT2D eigenvalue weighted by Gasteiger charge is -2.36. The van der Waals surface area contributed by atoms with Crippen molar-refractivity contribution in [3.63, 3.8) is 0 Å². The van der Waals surface area contributed by atoms with Crippen LogP contribution in [-0.2, 0) is 6.18 Å². The third kappa shape index (κ3) is 4.69. The van der Waals surface area contributed by atoms with Crippen molar-refractivity contribution in [2.45, 2.75) is 12.3 Å². The van der Waals surface area contributed by atoms with Crippen molar-refractivity contribution in [2.75, 3.05) is 37.6 Å². The highest BCUT2D eigenvalue weighted by Crippen LogP contribution is 2.33. The summed E-state index contributed by atoms with van der Waals surface area (Å²) < 4.78 is 51.9. The fourth-order valence-corrected chi connectivity index (χ4v) is 3.33. The molecule has 1 N–H and O–H groups in total. The molecule has 4 nitrogen and oxygen atoms in total. The van der Waals surface area contributed by atoms with Gasteiger partial charge >= 0.3 is 6.18 Å². The second kappa shape index (κ2) is 8.00. The number of aromatic nitrogens is 1. The van der Waals surface area contributed by atoms with Gasteiger partial charge in [0.05, 0.1) is 16.7 Å². The van der Waals surface area contributed by atoms with Crippen molar-refractivity contribution in [3.05, 3.63) is 58.5 Å². The first kappa shape index (κ1) is 19.9. The van der Waals surface area contributed by atoms with Gasteiger partial charge in [-0.25, -0.2) is 9.37 Å². The summed E-state index contributed by atoms with van der Waals surface area (Å²) in [5.41, 5.74) is -0.643. The van der Waals surface area contributed by atoms with Crippen LogP contribution in [0.2, 0.25) is 5.02 Å². The summed E-state index contributed by atoms with van der Waals surface area (Å²) in [6.45, 7) is 2.34. The fourth-order valence-electron chi connectivity index (χ4n) is 3.05. The van der Waals surface area contributed by atoms with Gasteiger partial charge in [-0.3, -0.25) is 4.90 Å². The minimum atomic E-state index is -4.49. The predicted molar refractivity (Wildman–Crippen MR) is 94.3 cm³/mol. The maximum absolute atomic E-state index is 13.7. The Bertz CT molecular complexity index is 794. The van der Waals surface area contributed by atoms with Crippen LogP contribution < -0.4 is 4.90 Å². The fraction of sp³-hybridized carbons (Fsp3) is 0.389. The summed E-state index contributed by atoms with van der Waals surface area (Å²) in [5.74, 6) is -0.150. The van der Waals surface area contributed by atoms with Crippen LogP contribution in [0.4, 0.5) is 23.4 Å². The van der Waals surface area contributed by atoms with E-state index in [9.17, 15) is 22.7 Å².